The molecule has 2 saturated carbocycles. The summed E-state index contributed by atoms with van der Waals surface area (Å²) in [4.78, 5) is 27.5. The first-order chi connectivity index (χ1) is 14.9. The van der Waals surface area contributed by atoms with E-state index in [9.17, 15) is 14.7 Å². The highest BCUT2D eigenvalue weighted by atomic mass is 35.5. The summed E-state index contributed by atoms with van der Waals surface area (Å²) in [5.74, 6) is 1.21. The van der Waals surface area contributed by atoms with Gasteiger partial charge in [-0.3, -0.25) is 4.79 Å². The number of halogens is 1. The van der Waals surface area contributed by atoms with Crippen molar-refractivity contribution < 1.29 is 14.7 Å². The first-order valence-corrected chi connectivity index (χ1v) is 13.0. The number of fused-ring (bicyclic) bond motifs is 5. The SMILES string of the molecule is CC(C)N(C(=O)[C@H]1CC[C@H]2[C@@H]3CC=C4C(Cl)=C(C(=O)O)CC[C@]4(C)[C@H]3CC[C@]12C)C(C)C. The largest absolute Gasteiger partial charge is 0.478 e. The fraction of sp³-hybridized carbons (Fsp3) is 0.778. The summed E-state index contributed by atoms with van der Waals surface area (Å²) in [6.45, 7) is 13.2. The van der Waals surface area contributed by atoms with Crippen molar-refractivity contribution in [3.05, 3.63) is 22.3 Å². The predicted molar refractivity (Wildman–Crippen MR) is 128 cm³/mol. The number of amides is 1. The van der Waals surface area contributed by atoms with E-state index in [1.54, 1.807) is 0 Å². The topological polar surface area (TPSA) is 57.6 Å². The van der Waals surface area contributed by atoms with Gasteiger partial charge in [-0.05, 0) is 107 Å². The molecular formula is C27H40ClNO3. The lowest BCUT2D eigenvalue weighted by atomic mass is 9.47. The van der Waals surface area contributed by atoms with E-state index >= 15 is 0 Å². The van der Waals surface area contributed by atoms with E-state index < -0.39 is 5.97 Å². The van der Waals surface area contributed by atoms with Crippen LogP contribution in [-0.2, 0) is 9.59 Å². The second kappa shape index (κ2) is 8.18. The maximum Gasteiger partial charge on any atom is 0.333 e. The van der Waals surface area contributed by atoms with E-state index in [1.165, 1.54) is 0 Å². The van der Waals surface area contributed by atoms with Gasteiger partial charge in [-0.1, -0.05) is 31.5 Å². The van der Waals surface area contributed by atoms with Gasteiger partial charge in [-0.15, -0.1) is 0 Å². The lowest BCUT2D eigenvalue weighted by Gasteiger charge is -2.57. The van der Waals surface area contributed by atoms with E-state index in [0.717, 1.165) is 44.1 Å². The molecule has 0 spiro atoms. The van der Waals surface area contributed by atoms with E-state index in [0.29, 0.717) is 40.7 Å². The Balaban J connectivity index is 1.64. The first kappa shape index (κ1) is 23.9. The normalized spacial score (nSPS) is 38.8. The van der Waals surface area contributed by atoms with E-state index in [2.05, 4.69) is 52.5 Å². The van der Waals surface area contributed by atoms with Crippen molar-refractivity contribution in [1.82, 2.24) is 4.90 Å². The molecule has 5 heteroatoms. The smallest absolute Gasteiger partial charge is 0.333 e. The molecule has 6 atom stereocenters. The Kier molecular flexibility index (Phi) is 6.10. The Morgan fingerprint density at radius 1 is 1.06 bits per heavy atom. The second-order valence-corrected chi connectivity index (χ2v) is 12.2. The summed E-state index contributed by atoms with van der Waals surface area (Å²) in [5.41, 5.74) is 1.46. The number of nitrogens with zero attached hydrogens (tertiary/aromatic N) is 1. The minimum absolute atomic E-state index is 0.0513. The second-order valence-electron chi connectivity index (χ2n) is 11.9. The van der Waals surface area contributed by atoms with Crippen molar-refractivity contribution >= 4 is 23.5 Å². The van der Waals surface area contributed by atoms with Gasteiger partial charge < -0.3 is 10.0 Å². The van der Waals surface area contributed by atoms with E-state index in [1.807, 2.05) is 0 Å². The van der Waals surface area contributed by atoms with E-state index in [-0.39, 0.29) is 28.8 Å². The quantitative estimate of drug-likeness (QED) is 0.527. The molecule has 4 rings (SSSR count). The van der Waals surface area contributed by atoms with Crippen LogP contribution in [0.4, 0.5) is 0 Å². The zero-order chi connectivity index (χ0) is 23.6. The van der Waals surface area contributed by atoms with Gasteiger partial charge in [-0.2, -0.15) is 0 Å². The number of allylic oxidation sites excluding steroid dienone is 3. The Hall–Kier alpha value is -1.29. The van der Waals surface area contributed by atoms with E-state index in [4.69, 9.17) is 11.6 Å². The lowest BCUT2D eigenvalue weighted by molar-refractivity contribution is -0.146. The highest BCUT2D eigenvalue weighted by Gasteiger charge is 2.60. The van der Waals surface area contributed by atoms with Crippen LogP contribution in [-0.4, -0.2) is 34.0 Å². The molecule has 0 radical (unpaired) electrons. The summed E-state index contributed by atoms with van der Waals surface area (Å²) in [7, 11) is 0. The molecule has 0 aromatic carbocycles. The highest BCUT2D eigenvalue weighted by molar-refractivity contribution is 6.34. The average molecular weight is 462 g/mol. The molecular weight excluding hydrogens is 422 g/mol. The van der Waals surface area contributed by atoms with Crippen LogP contribution in [0.1, 0.15) is 86.5 Å². The highest BCUT2D eigenvalue weighted by Crippen LogP contribution is 2.67. The van der Waals surface area contributed by atoms with Gasteiger partial charge in [0, 0.05) is 18.0 Å². The van der Waals surface area contributed by atoms with Crippen molar-refractivity contribution in [3.8, 4) is 0 Å². The molecule has 2 fully saturated rings. The van der Waals surface area contributed by atoms with Crippen LogP contribution in [0, 0.1) is 34.5 Å². The molecule has 0 aliphatic heterocycles. The number of carboxylic acid groups (broad SMARTS) is 1. The number of hydrogen-bond acceptors (Lipinski definition) is 2. The maximum absolute atomic E-state index is 13.7. The number of hydrogen-bond donors (Lipinski definition) is 1. The molecule has 0 saturated heterocycles. The molecule has 0 unspecified atom stereocenters. The summed E-state index contributed by atoms with van der Waals surface area (Å²) in [6.07, 6.45) is 8.92. The average Bonchev–Trinajstić information content (AvgIpc) is 3.04. The molecule has 0 heterocycles. The van der Waals surface area contributed by atoms with Gasteiger partial charge in [0.1, 0.15) is 0 Å². The Morgan fingerprint density at radius 2 is 1.72 bits per heavy atom. The molecule has 4 aliphatic rings. The van der Waals surface area contributed by atoms with Crippen LogP contribution in [0.15, 0.2) is 22.3 Å². The number of aliphatic carboxylic acids is 1. The van der Waals surface area contributed by atoms with Crippen LogP contribution < -0.4 is 0 Å². The number of rotatable bonds is 4. The monoisotopic (exact) mass is 461 g/mol. The summed E-state index contributed by atoms with van der Waals surface area (Å²) < 4.78 is 0. The van der Waals surface area contributed by atoms with Gasteiger partial charge in [0.15, 0.2) is 0 Å². The van der Waals surface area contributed by atoms with Crippen molar-refractivity contribution in [2.45, 2.75) is 98.6 Å². The summed E-state index contributed by atoms with van der Waals surface area (Å²) in [6, 6.07) is 0.445. The van der Waals surface area contributed by atoms with Crippen LogP contribution in [0.5, 0.6) is 0 Å². The standard InChI is InChI=1S/C27H40ClNO3/c1-15(2)29(16(3)4)24(30)22-10-9-19-17-7-8-21-23(28)18(25(31)32)11-13-26(21,5)20(17)12-14-27(19,22)6/h8,15-17,19-20,22H,7,9-14H2,1-6H3,(H,31,32)/t17-,19-,20-,22+,26+,27-/m0/s1. The van der Waals surface area contributed by atoms with Crippen LogP contribution in [0.25, 0.3) is 0 Å². The third-order valence-corrected chi connectivity index (χ3v) is 10.2. The molecule has 0 bridgehead atoms. The first-order valence-electron chi connectivity index (χ1n) is 12.6. The summed E-state index contributed by atoms with van der Waals surface area (Å²) in [5, 5.41) is 10.1. The Labute approximate surface area is 198 Å². The zero-order valence-corrected chi connectivity index (χ0v) is 21.3. The summed E-state index contributed by atoms with van der Waals surface area (Å²) >= 11 is 6.65. The van der Waals surface area contributed by atoms with Crippen molar-refractivity contribution in [1.29, 1.82) is 0 Å². The molecule has 4 aliphatic carbocycles. The molecule has 32 heavy (non-hydrogen) atoms. The van der Waals surface area contributed by atoms with Gasteiger partial charge in [0.2, 0.25) is 5.91 Å². The zero-order valence-electron chi connectivity index (χ0n) is 20.6. The molecule has 4 nitrogen and oxygen atoms in total. The van der Waals surface area contributed by atoms with Gasteiger partial charge in [-0.25, -0.2) is 4.79 Å². The maximum atomic E-state index is 13.7. The van der Waals surface area contributed by atoms with Gasteiger partial charge in [0.25, 0.3) is 0 Å². The van der Waals surface area contributed by atoms with Crippen LogP contribution in [0.3, 0.4) is 0 Å². The molecule has 0 aromatic rings. The minimum atomic E-state index is -0.881. The van der Waals surface area contributed by atoms with Crippen molar-refractivity contribution in [2.24, 2.45) is 34.5 Å². The van der Waals surface area contributed by atoms with Crippen LogP contribution in [0.2, 0.25) is 0 Å². The fourth-order valence-corrected chi connectivity index (χ4v) is 8.77. The number of carbonyl (C=O) groups excluding carboxylic acids is 1. The Morgan fingerprint density at radius 3 is 2.31 bits per heavy atom. The number of carbonyl (C=O) groups is 2. The van der Waals surface area contributed by atoms with Crippen molar-refractivity contribution in [3.63, 3.8) is 0 Å². The molecule has 178 valence electrons. The molecule has 0 aromatic heterocycles. The number of carboxylic acids is 1. The lowest BCUT2D eigenvalue weighted by Crippen LogP contribution is -2.53. The molecule has 1 N–H and O–H groups in total. The minimum Gasteiger partial charge on any atom is -0.478 e. The Bertz CT molecular complexity index is 866. The van der Waals surface area contributed by atoms with Gasteiger partial charge >= 0.3 is 5.97 Å². The third kappa shape index (κ3) is 3.38. The van der Waals surface area contributed by atoms with Crippen molar-refractivity contribution in [2.75, 3.05) is 0 Å². The molecule has 1 amide bonds. The van der Waals surface area contributed by atoms with Gasteiger partial charge in [0.05, 0.1) is 10.6 Å². The van der Waals surface area contributed by atoms with Crippen LogP contribution >= 0.6 is 11.6 Å². The third-order valence-electron chi connectivity index (χ3n) is 9.78. The fourth-order valence-electron chi connectivity index (χ4n) is 8.30. The predicted octanol–water partition coefficient (Wildman–Crippen LogP) is 6.40.